The Kier molecular flexibility index (Phi) is 2.83. The third-order valence-electron chi connectivity index (χ3n) is 4.35. The fourth-order valence-electron chi connectivity index (χ4n) is 3.07. The fourth-order valence-corrected chi connectivity index (χ4v) is 3.07. The van der Waals surface area contributed by atoms with Crippen LogP contribution in [-0.2, 0) is 13.0 Å². The van der Waals surface area contributed by atoms with Gasteiger partial charge in [-0.25, -0.2) is 0 Å². The first-order chi connectivity index (χ1) is 8.22. The minimum atomic E-state index is 0.850. The average molecular weight is 230 g/mol. The zero-order chi connectivity index (χ0) is 11.8. The summed E-state index contributed by atoms with van der Waals surface area (Å²) in [7, 11) is 0. The standard InChI is InChI=1S/C15H22N2/c1-11-8-17(9-12(11)2)10-13-3-4-14-5-6-16-15(14)7-13/h3-4,7,11-12,16H,5-6,8-10H2,1-2H3. The maximum Gasteiger partial charge on any atom is 0.0376 e. The monoisotopic (exact) mass is 230 g/mol. The van der Waals surface area contributed by atoms with Crippen LogP contribution < -0.4 is 5.32 Å². The molecule has 2 nitrogen and oxygen atoms in total. The highest BCUT2D eigenvalue weighted by Crippen LogP contribution is 2.27. The summed E-state index contributed by atoms with van der Waals surface area (Å²) in [6.45, 7) is 9.47. The van der Waals surface area contributed by atoms with Crippen molar-refractivity contribution in [2.24, 2.45) is 11.8 Å². The highest BCUT2D eigenvalue weighted by Gasteiger charge is 2.25. The second-order valence-corrected chi connectivity index (χ2v) is 5.82. The minimum Gasteiger partial charge on any atom is -0.384 e. The van der Waals surface area contributed by atoms with Gasteiger partial charge in [0.05, 0.1) is 0 Å². The summed E-state index contributed by atoms with van der Waals surface area (Å²) in [5, 5.41) is 3.46. The summed E-state index contributed by atoms with van der Waals surface area (Å²) in [4.78, 5) is 2.59. The van der Waals surface area contributed by atoms with Crippen molar-refractivity contribution in [1.29, 1.82) is 0 Å². The van der Waals surface area contributed by atoms with Gasteiger partial charge < -0.3 is 5.32 Å². The molecule has 2 aliphatic heterocycles. The lowest BCUT2D eigenvalue weighted by atomic mass is 10.0. The normalized spacial score (nSPS) is 28.1. The summed E-state index contributed by atoms with van der Waals surface area (Å²) < 4.78 is 0. The van der Waals surface area contributed by atoms with Crippen molar-refractivity contribution in [2.75, 3.05) is 25.0 Å². The van der Waals surface area contributed by atoms with Crippen LogP contribution in [0.5, 0.6) is 0 Å². The van der Waals surface area contributed by atoms with Gasteiger partial charge in [0.15, 0.2) is 0 Å². The van der Waals surface area contributed by atoms with E-state index in [1.54, 1.807) is 0 Å². The fraction of sp³-hybridized carbons (Fsp3) is 0.600. The number of likely N-dealkylation sites (tertiary alicyclic amines) is 1. The van der Waals surface area contributed by atoms with Crippen LogP contribution in [0.1, 0.15) is 25.0 Å². The first-order valence-electron chi connectivity index (χ1n) is 6.80. The van der Waals surface area contributed by atoms with E-state index in [0.717, 1.165) is 24.9 Å². The van der Waals surface area contributed by atoms with Crippen LogP contribution in [0.4, 0.5) is 5.69 Å². The summed E-state index contributed by atoms with van der Waals surface area (Å²) >= 11 is 0. The largest absolute Gasteiger partial charge is 0.384 e. The summed E-state index contributed by atoms with van der Waals surface area (Å²) in [6, 6.07) is 6.95. The molecule has 0 aromatic heterocycles. The SMILES string of the molecule is CC1CN(Cc2ccc3c(c2)NCC3)CC1C. The summed E-state index contributed by atoms with van der Waals surface area (Å²) in [6.07, 6.45) is 1.19. The molecule has 0 amide bonds. The van der Waals surface area contributed by atoms with Crippen LogP contribution >= 0.6 is 0 Å². The maximum absolute atomic E-state index is 3.46. The van der Waals surface area contributed by atoms with Crippen molar-refractivity contribution < 1.29 is 0 Å². The zero-order valence-corrected chi connectivity index (χ0v) is 10.9. The third kappa shape index (κ3) is 2.19. The Morgan fingerprint density at radius 1 is 1.24 bits per heavy atom. The van der Waals surface area contributed by atoms with E-state index in [9.17, 15) is 0 Å². The lowest BCUT2D eigenvalue weighted by molar-refractivity contribution is 0.316. The molecule has 1 aromatic rings. The molecule has 2 heterocycles. The number of benzene rings is 1. The molecular formula is C15H22N2. The second-order valence-electron chi connectivity index (χ2n) is 5.82. The van der Waals surface area contributed by atoms with Gasteiger partial charge in [-0.1, -0.05) is 26.0 Å². The van der Waals surface area contributed by atoms with E-state index in [1.807, 2.05) is 0 Å². The second kappa shape index (κ2) is 4.34. The number of hydrogen-bond acceptors (Lipinski definition) is 2. The van der Waals surface area contributed by atoms with Crippen LogP contribution in [0.25, 0.3) is 0 Å². The molecule has 1 fully saturated rings. The molecular weight excluding hydrogens is 208 g/mol. The molecule has 3 rings (SSSR count). The molecule has 0 bridgehead atoms. The average Bonchev–Trinajstić information content (AvgIpc) is 2.86. The molecule has 2 atom stereocenters. The Morgan fingerprint density at radius 2 is 2.00 bits per heavy atom. The minimum absolute atomic E-state index is 0.850. The first-order valence-corrected chi connectivity index (χ1v) is 6.80. The molecule has 0 spiro atoms. The molecule has 2 unspecified atom stereocenters. The number of fused-ring (bicyclic) bond motifs is 1. The van der Waals surface area contributed by atoms with E-state index in [2.05, 4.69) is 42.3 Å². The van der Waals surface area contributed by atoms with E-state index < -0.39 is 0 Å². The number of rotatable bonds is 2. The molecule has 1 N–H and O–H groups in total. The molecule has 2 heteroatoms. The third-order valence-corrected chi connectivity index (χ3v) is 4.35. The quantitative estimate of drug-likeness (QED) is 0.840. The van der Waals surface area contributed by atoms with E-state index in [0.29, 0.717) is 0 Å². The Bertz CT molecular complexity index is 403. The van der Waals surface area contributed by atoms with Crippen molar-refractivity contribution in [3.8, 4) is 0 Å². The van der Waals surface area contributed by atoms with Crippen molar-refractivity contribution in [3.63, 3.8) is 0 Å². The number of hydrogen-bond donors (Lipinski definition) is 1. The first kappa shape index (κ1) is 11.1. The molecule has 0 aliphatic carbocycles. The van der Waals surface area contributed by atoms with Gasteiger partial charge in [0.2, 0.25) is 0 Å². The van der Waals surface area contributed by atoms with Crippen LogP contribution in [0, 0.1) is 11.8 Å². The number of nitrogens with one attached hydrogen (secondary N) is 1. The van der Waals surface area contributed by atoms with Crippen molar-refractivity contribution >= 4 is 5.69 Å². The van der Waals surface area contributed by atoms with E-state index >= 15 is 0 Å². The molecule has 1 aromatic carbocycles. The Labute approximate surface area is 104 Å². The van der Waals surface area contributed by atoms with Gasteiger partial charge >= 0.3 is 0 Å². The highest BCUT2D eigenvalue weighted by molar-refractivity contribution is 5.57. The zero-order valence-electron chi connectivity index (χ0n) is 10.9. The van der Waals surface area contributed by atoms with Crippen LogP contribution in [0.3, 0.4) is 0 Å². The molecule has 92 valence electrons. The van der Waals surface area contributed by atoms with Crippen LogP contribution in [0.2, 0.25) is 0 Å². The smallest absolute Gasteiger partial charge is 0.0376 e. The summed E-state index contributed by atoms with van der Waals surface area (Å²) in [5.74, 6) is 1.70. The molecule has 0 saturated carbocycles. The lowest BCUT2D eigenvalue weighted by Crippen LogP contribution is -2.20. The van der Waals surface area contributed by atoms with Crippen LogP contribution in [-0.4, -0.2) is 24.5 Å². The lowest BCUT2D eigenvalue weighted by Gasteiger charge is -2.16. The summed E-state index contributed by atoms with van der Waals surface area (Å²) in [5.41, 5.74) is 4.30. The number of anilines is 1. The highest BCUT2D eigenvalue weighted by atomic mass is 15.1. The van der Waals surface area contributed by atoms with Gasteiger partial charge in [-0.15, -0.1) is 0 Å². The van der Waals surface area contributed by atoms with Crippen LogP contribution in [0.15, 0.2) is 18.2 Å². The van der Waals surface area contributed by atoms with Gasteiger partial charge in [0.1, 0.15) is 0 Å². The molecule has 17 heavy (non-hydrogen) atoms. The van der Waals surface area contributed by atoms with Gasteiger partial charge in [-0.3, -0.25) is 4.90 Å². The Morgan fingerprint density at radius 3 is 2.76 bits per heavy atom. The topological polar surface area (TPSA) is 15.3 Å². The maximum atomic E-state index is 3.46. The Balaban J connectivity index is 1.69. The van der Waals surface area contributed by atoms with Gasteiger partial charge in [-0.05, 0) is 35.4 Å². The van der Waals surface area contributed by atoms with Gasteiger partial charge in [0, 0.05) is 31.9 Å². The van der Waals surface area contributed by atoms with Crippen molar-refractivity contribution in [1.82, 2.24) is 4.90 Å². The van der Waals surface area contributed by atoms with Crippen molar-refractivity contribution in [2.45, 2.75) is 26.8 Å². The van der Waals surface area contributed by atoms with Crippen molar-refractivity contribution in [3.05, 3.63) is 29.3 Å². The molecule has 0 radical (unpaired) electrons. The van der Waals surface area contributed by atoms with Gasteiger partial charge in [0.25, 0.3) is 0 Å². The Hall–Kier alpha value is -1.02. The predicted molar refractivity (Wildman–Crippen MR) is 72.2 cm³/mol. The molecule has 2 aliphatic rings. The number of nitrogens with zero attached hydrogens (tertiary/aromatic N) is 1. The van der Waals surface area contributed by atoms with Gasteiger partial charge in [-0.2, -0.15) is 0 Å². The molecule has 1 saturated heterocycles. The van der Waals surface area contributed by atoms with E-state index in [1.165, 1.54) is 36.3 Å². The van der Waals surface area contributed by atoms with E-state index in [-0.39, 0.29) is 0 Å². The van der Waals surface area contributed by atoms with E-state index in [4.69, 9.17) is 0 Å². The predicted octanol–water partition coefficient (Wildman–Crippen LogP) is 2.74.